The van der Waals surface area contributed by atoms with Gasteiger partial charge in [-0.25, -0.2) is 9.67 Å². The number of aryl methyl sites for hydroxylation is 1. The van der Waals surface area contributed by atoms with Crippen LogP contribution in [0.4, 0.5) is 0 Å². The highest BCUT2D eigenvalue weighted by atomic mass is 16.6. The van der Waals surface area contributed by atoms with E-state index in [-0.39, 0.29) is 6.61 Å². The number of rotatable bonds is 2. The summed E-state index contributed by atoms with van der Waals surface area (Å²) in [6, 6.07) is 3.63. The molecule has 1 aromatic carbocycles. The number of hydrogen-bond donors (Lipinski definition) is 1. The Labute approximate surface area is 104 Å². The first-order valence-corrected chi connectivity index (χ1v) is 5.67. The predicted molar refractivity (Wildman–Crippen MR) is 63.4 cm³/mol. The summed E-state index contributed by atoms with van der Waals surface area (Å²) in [5.41, 5.74) is 1.55. The van der Waals surface area contributed by atoms with Crippen LogP contribution in [0.15, 0.2) is 18.5 Å². The van der Waals surface area contributed by atoms with Crippen molar-refractivity contribution in [2.45, 2.75) is 6.61 Å². The van der Waals surface area contributed by atoms with Gasteiger partial charge in [-0.1, -0.05) is 0 Å². The minimum absolute atomic E-state index is 0.0845. The molecule has 0 saturated heterocycles. The van der Waals surface area contributed by atoms with Crippen LogP contribution in [0.1, 0.15) is 5.56 Å². The number of hydrogen-bond acceptors (Lipinski definition) is 5. The Bertz CT molecular complexity index is 580. The average molecular weight is 247 g/mol. The molecule has 0 unspecified atom stereocenters. The van der Waals surface area contributed by atoms with E-state index in [1.165, 1.54) is 6.33 Å². The molecule has 2 heterocycles. The van der Waals surface area contributed by atoms with E-state index < -0.39 is 0 Å². The molecule has 0 bridgehead atoms. The molecule has 0 atom stereocenters. The van der Waals surface area contributed by atoms with Gasteiger partial charge in [0.15, 0.2) is 17.3 Å². The quantitative estimate of drug-likeness (QED) is 0.847. The smallest absolute Gasteiger partial charge is 0.162 e. The summed E-state index contributed by atoms with van der Waals surface area (Å²) >= 11 is 0. The van der Waals surface area contributed by atoms with E-state index in [1.807, 2.05) is 6.07 Å². The molecule has 0 saturated carbocycles. The molecule has 1 aromatic heterocycles. The summed E-state index contributed by atoms with van der Waals surface area (Å²) in [6.07, 6.45) is 1.48. The molecule has 6 heteroatoms. The second kappa shape index (κ2) is 4.30. The van der Waals surface area contributed by atoms with Crippen LogP contribution < -0.4 is 9.47 Å². The Hall–Kier alpha value is -2.08. The van der Waals surface area contributed by atoms with Crippen LogP contribution in [0.2, 0.25) is 0 Å². The Morgan fingerprint density at radius 3 is 2.61 bits per heavy atom. The normalized spacial score (nSPS) is 13.7. The van der Waals surface area contributed by atoms with E-state index in [2.05, 4.69) is 10.1 Å². The molecule has 1 aliphatic heterocycles. The van der Waals surface area contributed by atoms with Crippen molar-refractivity contribution < 1.29 is 14.6 Å². The number of benzene rings is 1. The minimum atomic E-state index is -0.0845. The van der Waals surface area contributed by atoms with Crippen LogP contribution in [0.25, 0.3) is 11.4 Å². The Morgan fingerprint density at radius 1 is 1.28 bits per heavy atom. The van der Waals surface area contributed by atoms with Gasteiger partial charge in [0, 0.05) is 12.6 Å². The lowest BCUT2D eigenvalue weighted by Crippen LogP contribution is -2.16. The lowest BCUT2D eigenvalue weighted by molar-refractivity contribution is 0.171. The van der Waals surface area contributed by atoms with Crippen molar-refractivity contribution in [3.05, 3.63) is 24.0 Å². The zero-order valence-corrected chi connectivity index (χ0v) is 9.96. The van der Waals surface area contributed by atoms with Gasteiger partial charge in [0.25, 0.3) is 0 Å². The fourth-order valence-electron chi connectivity index (χ4n) is 2.01. The van der Waals surface area contributed by atoms with Crippen LogP contribution in [-0.4, -0.2) is 33.1 Å². The van der Waals surface area contributed by atoms with E-state index >= 15 is 0 Å². The van der Waals surface area contributed by atoms with Crippen molar-refractivity contribution in [2.24, 2.45) is 7.05 Å². The Kier molecular flexibility index (Phi) is 2.64. The van der Waals surface area contributed by atoms with Crippen molar-refractivity contribution in [1.29, 1.82) is 0 Å². The highest BCUT2D eigenvalue weighted by Gasteiger charge is 2.18. The zero-order valence-electron chi connectivity index (χ0n) is 9.96. The zero-order chi connectivity index (χ0) is 12.5. The lowest BCUT2D eigenvalue weighted by Gasteiger charge is -2.20. The molecule has 0 amide bonds. The van der Waals surface area contributed by atoms with Gasteiger partial charge in [0.1, 0.15) is 19.5 Å². The summed E-state index contributed by atoms with van der Waals surface area (Å²) in [5, 5.41) is 13.5. The van der Waals surface area contributed by atoms with Gasteiger partial charge in [-0.05, 0) is 17.7 Å². The van der Waals surface area contributed by atoms with Gasteiger partial charge in [-0.15, -0.1) is 0 Å². The summed E-state index contributed by atoms with van der Waals surface area (Å²) in [6.45, 7) is 0.976. The van der Waals surface area contributed by atoms with E-state index in [1.54, 1.807) is 17.8 Å². The highest BCUT2D eigenvalue weighted by Crippen LogP contribution is 2.36. The molecule has 6 nitrogen and oxygen atoms in total. The van der Waals surface area contributed by atoms with Crippen molar-refractivity contribution in [1.82, 2.24) is 14.8 Å². The van der Waals surface area contributed by atoms with E-state index in [4.69, 9.17) is 9.47 Å². The molecule has 94 valence electrons. The third kappa shape index (κ3) is 1.70. The molecule has 0 aliphatic carbocycles. The summed E-state index contributed by atoms with van der Waals surface area (Å²) in [5.74, 6) is 2.03. The van der Waals surface area contributed by atoms with Crippen LogP contribution in [-0.2, 0) is 13.7 Å². The van der Waals surface area contributed by atoms with Gasteiger partial charge in [-0.2, -0.15) is 5.10 Å². The molecule has 1 N–H and O–H groups in total. The van der Waals surface area contributed by atoms with Gasteiger partial charge >= 0.3 is 0 Å². The number of nitrogens with zero attached hydrogens (tertiary/aromatic N) is 3. The van der Waals surface area contributed by atoms with Crippen molar-refractivity contribution in [3.63, 3.8) is 0 Å². The lowest BCUT2D eigenvalue weighted by atomic mass is 10.1. The van der Waals surface area contributed by atoms with Crippen LogP contribution in [0, 0.1) is 0 Å². The van der Waals surface area contributed by atoms with Crippen LogP contribution in [0.3, 0.4) is 0 Å². The largest absolute Gasteiger partial charge is 0.486 e. The van der Waals surface area contributed by atoms with E-state index in [0.29, 0.717) is 30.5 Å². The summed E-state index contributed by atoms with van der Waals surface area (Å²) in [7, 11) is 1.81. The maximum absolute atomic E-state index is 9.46. The Balaban J connectivity index is 2.16. The van der Waals surface area contributed by atoms with Crippen molar-refractivity contribution in [3.8, 4) is 22.9 Å². The van der Waals surface area contributed by atoms with Gasteiger partial charge in [0.05, 0.1) is 6.61 Å². The molecule has 0 radical (unpaired) electrons. The number of fused-ring (bicyclic) bond motifs is 1. The number of aliphatic hydroxyl groups excluding tert-OH is 1. The SMILES string of the molecule is Cn1ncnc1-c1cc2c(cc1CO)OCCO2. The first-order chi connectivity index (χ1) is 8.79. The molecule has 0 fully saturated rings. The minimum Gasteiger partial charge on any atom is -0.486 e. The Morgan fingerprint density at radius 2 is 2.00 bits per heavy atom. The first-order valence-electron chi connectivity index (χ1n) is 5.67. The third-order valence-corrected chi connectivity index (χ3v) is 2.89. The number of aliphatic hydroxyl groups is 1. The fourth-order valence-corrected chi connectivity index (χ4v) is 2.01. The summed E-state index contributed by atoms with van der Waals surface area (Å²) < 4.78 is 12.7. The molecule has 1 aliphatic rings. The maximum Gasteiger partial charge on any atom is 0.162 e. The third-order valence-electron chi connectivity index (χ3n) is 2.89. The number of ether oxygens (including phenoxy) is 2. The second-order valence-electron chi connectivity index (χ2n) is 4.02. The number of aromatic nitrogens is 3. The maximum atomic E-state index is 9.46. The predicted octanol–water partition coefficient (Wildman–Crippen LogP) is 0.746. The monoisotopic (exact) mass is 247 g/mol. The van der Waals surface area contributed by atoms with E-state index in [9.17, 15) is 5.11 Å². The average Bonchev–Trinajstić information content (AvgIpc) is 2.83. The van der Waals surface area contributed by atoms with Crippen LogP contribution in [0.5, 0.6) is 11.5 Å². The first kappa shape index (κ1) is 11.0. The molecular formula is C12H13N3O3. The highest BCUT2D eigenvalue weighted by molar-refractivity contribution is 5.66. The topological polar surface area (TPSA) is 69.4 Å². The standard InChI is InChI=1S/C12H13N3O3/c1-15-12(13-7-14-15)9-5-11-10(4-8(9)6-16)17-2-3-18-11/h4-5,7,16H,2-3,6H2,1H3. The van der Waals surface area contributed by atoms with E-state index in [0.717, 1.165) is 11.1 Å². The van der Waals surface area contributed by atoms with Crippen LogP contribution >= 0.6 is 0 Å². The fraction of sp³-hybridized carbons (Fsp3) is 0.333. The van der Waals surface area contributed by atoms with Crippen molar-refractivity contribution in [2.75, 3.05) is 13.2 Å². The van der Waals surface area contributed by atoms with Gasteiger partial charge < -0.3 is 14.6 Å². The molecular weight excluding hydrogens is 234 g/mol. The summed E-state index contributed by atoms with van der Waals surface area (Å²) in [4.78, 5) is 4.19. The van der Waals surface area contributed by atoms with Crippen molar-refractivity contribution >= 4 is 0 Å². The molecule has 18 heavy (non-hydrogen) atoms. The van der Waals surface area contributed by atoms with Gasteiger partial charge in [0.2, 0.25) is 0 Å². The van der Waals surface area contributed by atoms with Gasteiger partial charge in [-0.3, -0.25) is 0 Å². The second-order valence-corrected chi connectivity index (χ2v) is 4.02. The molecule has 3 rings (SSSR count). The molecule has 2 aromatic rings. The molecule has 0 spiro atoms.